The van der Waals surface area contributed by atoms with Gasteiger partial charge in [-0.15, -0.1) is 0 Å². The highest BCUT2D eigenvalue weighted by molar-refractivity contribution is 5.97. The van der Waals surface area contributed by atoms with E-state index in [0.29, 0.717) is 18.0 Å². The van der Waals surface area contributed by atoms with Gasteiger partial charge >= 0.3 is 0 Å². The molecule has 0 radical (unpaired) electrons. The molecule has 1 heterocycles. The number of carbonyl (C=O) groups excluding carboxylic acids is 1. The second-order valence-corrected chi connectivity index (χ2v) is 4.01. The Morgan fingerprint density at radius 1 is 1.53 bits per heavy atom. The fraction of sp³-hybridized carbons (Fsp3) is 0.500. The third-order valence-corrected chi connectivity index (χ3v) is 2.51. The molecule has 0 aromatic carbocycles. The molecule has 1 aromatic rings. The van der Waals surface area contributed by atoms with Crippen molar-refractivity contribution in [2.24, 2.45) is 11.8 Å². The SMILES string of the molecule is CNCC(C(=O)c1cccnc1)C(C)C. The number of aromatic nitrogens is 1. The van der Waals surface area contributed by atoms with Crippen LogP contribution in [0.25, 0.3) is 0 Å². The van der Waals surface area contributed by atoms with Gasteiger partial charge in [0.15, 0.2) is 5.78 Å². The van der Waals surface area contributed by atoms with Crippen LogP contribution in [0.4, 0.5) is 0 Å². The van der Waals surface area contributed by atoms with Crippen LogP contribution in [-0.2, 0) is 0 Å². The predicted octanol–water partition coefficient (Wildman–Crippen LogP) is 1.76. The summed E-state index contributed by atoms with van der Waals surface area (Å²) in [6, 6.07) is 3.62. The Labute approximate surface area is 90.9 Å². The van der Waals surface area contributed by atoms with E-state index in [-0.39, 0.29) is 11.7 Å². The maximum atomic E-state index is 12.1. The molecule has 0 amide bonds. The predicted molar refractivity (Wildman–Crippen MR) is 60.8 cm³/mol. The topological polar surface area (TPSA) is 42.0 Å². The monoisotopic (exact) mass is 206 g/mol. The lowest BCUT2D eigenvalue weighted by Crippen LogP contribution is -2.30. The Morgan fingerprint density at radius 2 is 2.27 bits per heavy atom. The number of hydrogen-bond acceptors (Lipinski definition) is 3. The van der Waals surface area contributed by atoms with E-state index in [1.54, 1.807) is 18.5 Å². The standard InChI is InChI=1S/C12H18N2O/c1-9(2)11(8-13-3)12(15)10-5-4-6-14-7-10/h4-7,9,11,13H,8H2,1-3H3. The molecule has 0 bridgehead atoms. The van der Waals surface area contributed by atoms with Gasteiger partial charge in [0, 0.05) is 30.4 Å². The van der Waals surface area contributed by atoms with Crippen LogP contribution in [0.5, 0.6) is 0 Å². The van der Waals surface area contributed by atoms with E-state index in [2.05, 4.69) is 24.1 Å². The number of rotatable bonds is 5. The smallest absolute Gasteiger partial charge is 0.169 e. The zero-order valence-electron chi connectivity index (χ0n) is 9.53. The van der Waals surface area contributed by atoms with E-state index in [1.165, 1.54) is 0 Å². The number of nitrogens with one attached hydrogen (secondary N) is 1. The minimum Gasteiger partial charge on any atom is -0.319 e. The molecule has 3 heteroatoms. The molecule has 1 N–H and O–H groups in total. The van der Waals surface area contributed by atoms with Gasteiger partial charge in [-0.2, -0.15) is 0 Å². The molecule has 1 unspecified atom stereocenters. The normalized spacial score (nSPS) is 12.8. The van der Waals surface area contributed by atoms with Crippen molar-refractivity contribution in [2.75, 3.05) is 13.6 Å². The summed E-state index contributed by atoms with van der Waals surface area (Å²) in [5.41, 5.74) is 0.700. The van der Waals surface area contributed by atoms with Gasteiger partial charge < -0.3 is 5.32 Å². The van der Waals surface area contributed by atoms with Crippen LogP contribution in [0, 0.1) is 11.8 Å². The number of ketones is 1. The van der Waals surface area contributed by atoms with Gasteiger partial charge in [-0.1, -0.05) is 13.8 Å². The van der Waals surface area contributed by atoms with E-state index in [1.807, 2.05) is 13.1 Å². The molecule has 0 aliphatic rings. The first-order valence-corrected chi connectivity index (χ1v) is 5.25. The minimum absolute atomic E-state index is 0.0270. The van der Waals surface area contributed by atoms with E-state index in [9.17, 15) is 4.79 Å². The molecule has 0 spiro atoms. The molecular formula is C12H18N2O. The van der Waals surface area contributed by atoms with E-state index >= 15 is 0 Å². The maximum absolute atomic E-state index is 12.1. The number of nitrogens with zero attached hydrogens (tertiary/aromatic N) is 1. The summed E-state index contributed by atoms with van der Waals surface area (Å²) in [5.74, 6) is 0.539. The highest BCUT2D eigenvalue weighted by atomic mass is 16.1. The maximum Gasteiger partial charge on any atom is 0.169 e. The van der Waals surface area contributed by atoms with Gasteiger partial charge in [-0.3, -0.25) is 9.78 Å². The fourth-order valence-electron chi connectivity index (χ4n) is 1.57. The zero-order chi connectivity index (χ0) is 11.3. The molecule has 0 saturated carbocycles. The van der Waals surface area contributed by atoms with Crippen molar-refractivity contribution in [1.82, 2.24) is 10.3 Å². The Bertz CT molecular complexity index is 309. The zero-order valence-corrected chi connectivity index (χ0v) is 9.53. The Hall–Kier alpha value is -1.22. The molecule has 1 rings (SSSR count). The molecule has 82 valence electrons. The molecule has 0 aliphatic heterocycles. The summed E-state index contributed by atoms with van der Waals surface area (Å²) in [6.45, 7) is 4.85. The summed E-state index contributed by atoms with van der Waals surface area (Å²) in [5, 5.41) is 3.06. The number of hydrogen-bond donors (Lipinski definition) is 1. The van der Waals surface area contributed by atoms with Crippen molar-refractivity contribution in [1.29, 1.82) is 0 Å². The first-order chi connectivity index (χ1) is 7.16. The quantitative estimate of drug-likeness (QED) is 0.746. The van der Waals surface area contributed by atoms with Crippen LogP contribution >= 0.6 is 0 Å². The number of Topliss-reactive ketones (excluding diaryl/α,β-unsaturated/α-hetero) is 1. The first-order valence-electron chi connectivity index (χ1n) is 5.25. The van der Waals surface area contributed by atoms with E-state index in [0.717, 1.165) is 0 Å². The Balaban J connectivity index is 2.81. The minimum atomic E-state index is 0.0270. The van der Waals surface area contributed by atoms with Crippen LogP contribution in [0.3, 0.4) is 0 Å². The van der Waals surface area contributed by atoms with Crippen molar-refractivity contribution in [2.45, 2.75) is 13.8 Å². The number of carbonyl (C=O) groups is 1. The van der Waals surface area contributed by atoms with Crippen molar-refractivity contribution >= 4 is 5.78 Å². The molecule has 0 fully saturated rings. The van der Waals surface area contributed by atoms with E-state index < -0.39 is 0 Å². The lowest BCUT2D eigenvalue weighted by molar-refractivity contribution is 0.0885. The van der Waals surface area contributed by atoms with Gasteiger partial charge in [0.25, 0.3) is 0 Å². The third kappa shape index (κ3) is 3.13. The highest BCUT2D eigenvalue weighted by Gasteiger charge is 2.22. The van der Waals surface area contributed by atoms with Gasteiger partial charge in [0.1, 0.15) is 0 Å². The van der Waals surface area contributed by atoms with Crippen LogP contribution in [0.15, 0.2) is 24.5 Å². The lowest BCUT2D eigenvalue weighted by atomic mass is 9.88. The summed E-state index contributed by atoms with van der Waals surface area (Å²) in [7, 11) is 1.87. The van der Waals surface area contributed by atoms with Gasteiger partial charge in [-0.05, 0) is 25.1 Å². The lowest BCUT2D eigenvalue weighted by Gasteiger charge is -2.18. The van der Waals surface area contributed by atoms with Crippen LogP contribution in [-0.4, -0.2) is 24.4 Å². The van der Waals surface area contributed by atoms with Crippen LogP contribution in [0.2, 0.25) is 0 Å². The third-order valence-electron chi connectivity index (χ3n) is 2.51. The fourth-order valence-corrected chi connectivity index (χ4v) is 1.57. The average Bonchev–Trinajstić information content (AvgIpc) is 2.26. The first kappa shape index (κ1) is 11.9. The van der Waals surface area contributed by atoms with E-state index in [4.69, 9.17) is 0 Å². The molecule has 15 heavy (non-hydrogen) atoms. The highest BCUT2D eigenvalue weighted by Crippen LogP contribution is 2.16. The van der Waals surface area contributed by atoms with Crippen molar-refractivity contribution in [3.05, 3.63) is 30.1 Å². The number of pyridine rings is 1. The summed E-state index contributed by atoms with van der Waals surface area (Å²) in [4.78, 5) is 16.1. The summed E-state index contributed by atoms with van der Waals surface area (Å²) >= 11 is 0. The van der Waals surface area contributed by atoms with Gasteiger partial charge in [0.05, 0.1) is 0 Å². The Morgan fingerprint density at radius 3 is 2.73 bits per heavy atom. The molecule has 0 saturated heterocycles. The largest absolute Gasteiger partial charge is 0.319 e. The van der Waals surface area contributed by atoms with Gasteiger partial charge in [0.2, 0.25) is 0 Å². The summed E-state index contributed by atoms with van der Waals surface area (Å²) < 4.78 is 0. The van der Waals surface area contributed by atoms with Crippen LogP contribution < -0.4 is 5.32 Å². The molecule has 3 nitrogen and oxygen atoms in total. The van der Waals surface area contributed by atoms with Crippen molar-refractivity contribution in [3.63, 3.8) is 0 Å². The molecule has 1 aromatic heterocycles. The van der Waals surface area contributed by atoms with Crippen molar-refractivity contribution < 1.29 is 4.79 Å². The van der Waals surface area contributed by atoms with Gasteiger partial charge in [-0.25, -0.2) is 0 Å². The molecule has 1 atom stereocenters. The van der Waals surface area contributed by atoms with Crippen molar-refractivity contribution in [3.8, 4) is 0 Å². The second kappa shape index (κ2) is 5.61. The average molecular weight is 206 g/mol. The molecular weight excluding hydrogens is 188 g/mol. The Kier molecular flexibility index (Phi) is 4.43. The second-order valence-electron chi connectivity index (χ2n) is 4.01. The molecule has 0 aliphatic carbocycles. The summed E-state index contributed by atoms with van der Waals surface area (Å²) in [6.07, 6.45) is 3.31. The van der Waals surface area contributed by atoms with Crippen LogP contribution in [0.1, 0.15) is 24.2 Å².